The maximum Gasteiger partial charge on any atom is 0.324 e. The molecule has 4 N–H and O–H groups in total. The van der Waals surface area contributed by atoms with Gasteiger partial charge in [-0.25, -0.2) is 4.98 Å². The molecule has 1 unspecified atom stereocenters. The highest BCUT2D eigenvalue weighted by Crippen LogP contribution is 2.38. The smallest absolute Gasteiger partial charge is 0.324 e. The first-order valence-corrected chi connectivity index (χ1v) is 7.18. The zero-order valence-electron chi connectivity index (χ0n) is 13.8. The number of hydrogen-bond acceptors (Lipinski definition) is 9. The number of aromatic hydroxyl groups is 1. The van der Waals surface area contributed by atoms with Crippen LogP contribution >= 0.6 is 0 Å². The number of nitrogens with two attached hydrogens (primary N) is 1. The first-order valence-electron chi connectivity index (χ1n) is 7.18. The van der Waals surface area contributed by atoms with E-state index in [1.165, 1.54) is 0 Å². The summed E-state index contributed by atoms with van der Waals surface area (Å²) >= 11 is 0. The summed E-state index contributed by atoms with van der Waals surface area (Å²) in [6, 6.07) is 0.932. The highest BCUT2D eigenvalue weighted by atomic mass is 16.6. The molecule has 0 amide bonds. The van der Waals surface area contributed by atoms with Crippen molar-refractivity contribution >= 4 is 17.1 Å². The van der Waals surface area contributed by atoms with E-state index in [2.05, 4.69) is 16.9 Å². The lowest BCUT2D eigenvalue weighted by atomic mass is 10.2. The Morgan fingerprint density at radius 2 is 1.65 bits per heavy atom. The van der Waals surface area contributed by atoms with Gasteiger partial charge in [0.1, 0.15) is 5.82 Å². The molecule has 2 rings (SSSR count). The van der Waals surface area contributed by atoms with Crippen LogP contribution in [0.4, 0.5) is 17.1 Å². The quantitative estimate of drug-likeness (QED) is 0.521. The maximum absolute atomic E-state index is 10.4. The van der Waals surface area contributed by atoms with Crippen LogP contribution in [0.5, 0.6) is 5.75 Å². The number of H-pyrrole nitrogens is 1. The minimum atomic E-state index is -1.21. The van der Waals surface area contributed by atoms with Gasteiger partial charge in [-0.15, -0.1) is 0 Å². The number of nitro groups is 3. The molecular formula is C13H16N6O7. The average Bonchev–Trinajstić information content (AvgIpc) is 3.04. The molecule has 1 aromatic heterocycles. The Morgan fingerprint density at radius 3 is 1.92 bits per heavy atom. The fourth-order valence-electron chi connectivity index (χ4n) is 1.77. The van der Waals surface area contributed by atoms with Crippen molar-refractivity contribution in [3.63, 3.8) is 0 Å². The van der Waals surface area contributed by atoms with Crippen molar-refractivity contribution in [3.8, 4) is 5.75 Å². The number of non-ortho nitro benzene ring substituents is 1. The molecule has 0 fully saturated rings. The number of imidazole rings is 1. The Labute approximate surface area is 145 Å². The molecule has 0 saturated carbocycles. The molecule has 2 aromatic rings. The molecule has 1 heterocycles. The number of phenolic OH excluding ortho intramolecular Hbond substituents is 1. The van der Waals surface area contributed by atoms with Crippen LogP contribution in [0.1, 0.15) is 31.4 Å². The molecule has 1 atom stereocenters. The van der Waals surface area contributed by atoms with Crippen LogP contribution in [0.2, 0.25) is 0 Å². The van der Waals surface area contributed by atoms with Gasteiger partial charge in [0.2, 0.25) is 0 Å². The summed E-state index contributed by atoms with van der Waals surface area (Å²) < 4.78 is 0. The molecule has 13 nitrogen and oxygen atoms in total. The van der Waals surface area contributed by atoms with Crippen molar-refractivity contribution in [1.29, 1.82) is 0 Å². The molecule has 0 spiro atoms. The summed E-state index contributed by atoms with van der Waals surface area (Å²) in [5.41, 5.74) is 3.54. The van der Waals surface area contributed by atoms with Crippen molar-refractivity contribution in [2.75, 3.05) is 0 Å². The summed E-state index contributed by atoms with van der Waals surface area (Å²) in [6.45, 7) is 3.99. The highest BCUT2D eigenvalue weighted by Gasteiger charge is 2.30. The van der Waals surface area contributed by atoms with Gasteiger partial charge in [0.15, 0.2) is 0 Å². The Morgan fingerprint density at radius 1 is 1.15 bits per heavy atom. The predicted octanol–water partition coefficient (Wildman–Crippen LogP) is 2.11. The molecular weight excluding hydrogens is 352 g/mol. The van der Waals surface area contributed by atoms with E-state index < -0.39 is 37.6 Å². The minimum absolute atomic E-state index is 0.0385. The van der Waals surface area contributed by atoms with Gasteiger partial charge in [0.05, 0.1) is 32.6 Å². The van der Waals surface area contributed by atoms with Crippen molar-refractivity contribution < 1.29 is 19.9 Å². The van der Waals surface area contributed by atoms with Crippen LogP contribution in [0.3, 0.4) is 0 Å². The third-order valence-electron chi connectivity index (χ3n) is 3.11. The fraction of sp³-hybridized carbons (Fsp3) is 0.308. The van der Waals surface area contributed by atoms with Gasteiger partial charge in [-0.05, 0) is 6.92 Å². The van der Waals surface area contributed by atoms with Crippen LogP contribution < -0.4 is 5.73 Å². The van der Waals surface area contributed by atoms with Crippen LogP contribution in [-0.4, -0.2) is 29.8 Å². The van der Waals surface area contributed by atoms with Crippen LogP contribution in [0.15, 0.2) is 18.3 Å². The zero-order chi connectivity index (χ0) is 20.0. The fourth-order valence-corrected chi connectivity index (χ4v) is 1.77. The van der Waals surface area contributed by atoms with E-state index in [4.69, 9.17) is 10.8 Å². The lowest BCUT2D eigenvalue weighted by Gasteiger charge is -1.97. The largest absolute Gasteiger partial charge is 0.497 e. The highest BCUT2D eigenvalue weighted by molar-refractivity contribution is 5.64. The van der Waals surface area contributed by atoms with Crippen molar-refractivity contribution in [3.05, 3.63) is 60.2 Å². The molecule has 0 radical (unpaired) electrons. The van der Waals surface area contributed by atoms with E-state index in [0.29, 0.717) is 12.1 Å². The van der Waals surface area contributed by atoms with E-state index in [0.717, 1.165) is 17.9 Å². The summed E-state index contributed by atoms with van der Waals surface area (Å²) in [6.07, 6.45) is 2.80. The molecule has 0 aliphatic carbocycles. The van der Waals surface area contributed by atoms with Crippen LogP contribution in [0.25, 0.3) is 0 Å². The van der Waals surface area contributed by atoms with Gasteiger partial charge in [0, 0.05) is 18.7 Å². The molecule has 0 aliphatic rings. The summed E-state index contributed by atoms with van der Waals surface area (Å²) in [4.78, 5) is 35.1. The number of nitro benzene ring substituents is 3. The second kappa shape index (κ2) is 8.48. The van der Waals surface area contributed by atoms with Gasteiger partial charge >= 0.3 is 11.4 Å². The Bertz CT molecular complexity index is 797. The number of aromatic nitrogens is 2. The number of hydrogen-bond donors (Lipinski definition) is 3. The molecule has 0 bridgehead atoms. The third kappa shape index (κ3) is 4.94. The second-order valence-corrected chi connectivity index (χ2v) is 5.02. The third-order valence-corrected chi connectivity index (χ3v) is 3.11. The maximum atomic E-state index is 10.4. The van der Waals surface area contributed by atoms with Gasteiger partial charge < -0.3 is 15.8 Å². The van der Waals surface area contributed by atoms with E-state index in [-0.39, 0.29) is 6.04 Å². The standard InChI is InChI=1S/C7H13N3.C6H3N3O7/c1-3-7-9-4-6(10-7)5(2)8;10-6-4(8(13)14)1-3(7(11)12)2-5(6)9(15)16/h4-5H,3,8H2,1-2H3,(H,9,10);1-2,10H. The second-order valence-electron chi connectivity index (χ2n) is 5.02. The molecule has 1 aromatic carbocycles. The average molecular weight is 368 g/mol. The number of nitrogens with zero attached hydrogens (tertiary/aromatic N) is 4. The Balaban J connectivity index is 0.000000289. The lowest BCUT2D eigenvalue weighted by Crippen LogP contribution is -2.05. The Hall–Kier alpha value is -3.61. The van der Waals surface area contributed by atoms with E-state index in [1.807, 2.05) is 13.1 Å². The number of phenols is 1. The molecule has 0 saturated heterocycles. The summed E-state index contributed by atoms with van der Waals surface area (Å²) in [5.74, 6) is -0.201. The topological polar surface area (TPSA) is 204 Å². The molecule has 140 valence electrons. The zero-order valence-corrected chi connectivity index (χ0v) is 13.8. The van der Waals surface area contributed by atoms with Gasteiger partial charge in [-0.1, -0.05) is 6.92 Å². The first kappa shape index (κ1) is 20.4. The van der Waals surface area contributed by atoms with Gasteiger partial charge in [-0.2, -0.15) is 0 Å². The normalized spacial score (nSPS) is 11.2. The van der Waals surface area contributed by atoms with Gasteiger partial charge in [-0.3, -0.25) is 30.3 Å². The predicted molar refractivity (Wildman–Crippen MR) is 88.6 cm³/mol. The van der Waals surface area contributed by atoms with Crippen molar-refractivity contribution in [1.82, 2.24) is 9.97 Å². The van der Waals surface area contributed by atoms with Crippen molar-refractivity contribution in [2.24, 2.45) is 5.73 Å². The van der Waals surface area contributed by atoms with Crippen LogP contribution in [0, 0.1) is 30.3 Å². The first-order chi connectivity index (χ1) is 12.1. The SMILES string of the molecule is CCc1nc(C(C)N)c[nH]1.O=[N+]([O-])c1cc([N+](=O)[O-])c(O)c([N+](=O)[O-])c1. The number of rotatable bonds is 5. The number of nitrogens with one attached hydrogen (secondary N) is 1. The molecule has 13 heteroatoms. The minimum Gasteiger partial charge on any atom is -0.497 e. The number of aryl methyl sites for hydroxylation is 1. The molecule has 0 aliphatic heterocycles. The number of benzene rings is 1. The van der Waals surface area contributed by atoms with E-state index >= 15 is 0 Å². The van der Waals surface area contributed by atoms with Gasteiger partial charge in [0.25, 0.3) is 11.4 Å². The monoisotopic (exact) mass is 368 g/mol. The van der Waals surface area contributed by atoms with E-state index in [9.17, 15) is 30.3 Å². The number of aromatic amines is 1. The Kier molecular flexibility index (Phi) is 6.66. The summed E-state index contributed by atoms with van der Waals surface area (Å²) in [7, 11) is 0. The lowest BCUT2D eigenvalue weighted by molar-refractivity contribution is -0.404. The van der Waals surface area contributed by atoms with Crippen molar-refractivity contribution in [2.45, 2.75) is 26.3 Å². The van der Waals surface area contributed by atoms with E-state index in [1.54, 1.807) is 0 Å². The van der Waals surface area contributed by atoms with Crippen LogP contribution in [-0.2, 0) is 6.42 Å². The summed E-state index contributed by atoms with van der Waals surface area (Å²) in [5, 5.41) is 40.2. The molecule has 26 heavy (non-hydrogen) atoms.